The lowest BCUT2D eigenvalue weighted by Gasteiger charge is -2.22. The van der Waals surface area contributed by atoms with Crippen molar-refractivity contribution in [1.82, 2.24) is 30.5 Å². The summed E-state index contributed by atoms with van der Waals surface area (Å²) in [4.78, 5) is 12.6. The van der Waals surface area contributed by atoms with Crippen LogP contribution >= 0.6 is 0 Å². The number of hydrogen-bond acceptors (Lipinski definition) is 4. The predicted molar refractivity (Wildman–Crippen MR) is 119 cm³/mol. The minimum absolute atomic E-state index is 0.512. The molecule has 0 saturated carbocycles. The number of aromatic amines is 2. The predicted octanol–water partition coefficient (Wildman–Crippen LogP) is 4.64. The second-order valence-electron chi connectivity index (χ2n) is 7.94. The Balaban J connectivity index is 1.47. The normalized spacial score (nSPS) is 15.2. The summed E-state index contributed by atoms with van der Waals surface area (Å²) in [6.45, 7) is 2.11. The second-order valence-corrected chi connectivity index (χ2v) is 7.94. The van der Waals surface area contributed by atoms with Crippen LogP contribution in [0.5, 0.6) is 0 Å². The summed E-state index contributed by atoms with van der Waals surface area (Å²) in [7, 11) is 0. The number of pyridine rings is 2. The van der Waals surface area contributed by atoms with Crippen molar-refractivity contribution in [2.45, 2.75) is 18.8 Å². The van der Waals surface area contributed by atoms with Crippen LogP contribution < -0.4 is 5.32 Å². The standard InChI is InChI=1S/C24H22N6/c1-4-17(16-3-2-8-26-13-16)18-11-22(28-20(18)5-1)24-19-12-21(15-6-9-25-10-7-15)27-14-23(19)29-30-24/h1-5,8,11-15,25,28H,6-7,9-10H2,(H,29,30). The molecular formula is C24H22N6. The average molecular weight is 394 g/mol. The van der Waals surface area contributed by atoms with Gasteiger partial charge in [-0.25, -0.2) is 0 Å². The SMILES string of the molecule is c1cncc(-c2cccc3[nH]c(-c4n[nH]c5cnc(C6CCNCC6)cc45)cc23)c1. The van der Waals surface area contributed by atoms with Gasteiger partial charge in [0, 0.05) is 45.9 Å². The molecule has 0 unspecified atom stereocenters. The van der Waals surface area contributed by atoms with E-state index in [-0.39, 0.29) is 0 Å². The summed E-state index contributed by atoms with van der Waals surface area (Å²) in [6, 6.07) is 14.8. The molecule has 5 aromatic rings. The summed E-state index contributed by atoms with van der Waals surface area (Å²) >= 11 is 0. The van der Waals surface area contributed by atoms with Crippen molar-refractivity contribution >= 4 is 21.8 Å². The fraction of sp³-hybridized carbons (Fsp3) is 0.208. The molecule has 0 bridgehead atoms. The molecule has 6 nitrogen and oxygen atoms in total. The van der Waals surface area contributed by atoms with Gasteiger partial charge >= 0.3 is 0 Å². The second kappa shape index (κ2) is 7.07. The maximum absolute atomic E-state index is 4.72. The fourth-order valence-electron chi connectivity index (χ4n) is 4.54. The quantitative estimate of drug-likeness (QED) is 0.416. The van der Waals surface area contributed by atoms with Gasteiger partial charge in [0.15, 0.2) is 0 Å². The molecule has 1 aliphatic rings. The first-order valence-electron chi connectivity index (χ1n) is 10.4. The maximum Gasteiger partial charge on any atom is 0.116 e. The Morgan fingerprint density at radius 3 is 2.70 bits per heavy atom. The molecule has 3 N–H and O–H groups in total. The molecule has 1 aromatic carbocycles. The fourth-order valence-corrected chi connectivity index (χ4v) is 4.54. The molecule has 148 valence electrons. The molecule has 30 heavy (non-hydrogen) atoms. The number of aromatic nitrogens is 5. The van der Waals surface area contributed by atoms with Crippen LogP contribution in [0.2, 0.25) is 0 Å². The molecular weight excluding hydrogens is 372 g/mol. The average Bonchev–Trinajstić information content (AvgIpc) is 3.43. The monoisotopic (exact) mass is 394 g/mol. The van der Waals surface area contributed by atoms with Gasteiger partial charge in [-0.15, -0.1) is 0 Å². The van der Waals surface area contributed by atoms with Crippen LogP contribution in [-0.2, 0) is 0 Å². The van der Waals surface area contributed by atoms with Crippen molar-refractivity contribution in [3.63, 3.8) is 0 Å². The van der Waals surface area contributed by atoms with Crippen molar-refractivity contribution in [3.8, 4) is 22.5 Å². The van der Waals surface area contributed by atoms with Gasteiger partial charge in [-0.05, 0) is 55.8 Å². The molecule has 1 aliphatic heterocycles. The smallest absolute Gasteiger partial charge is 0.116 e. The van der Waals surface area contributed by atoms with Crippen molar-refractivity contribution in [3.05, 3.63) is 66.7 Å². The minimum atomic E-state index is 0.512. The van der Waals surface area contributed by atoms with Gasteiger partial charge in [-0.2, -0.15) is 5.10 Å². The summed E-state index contributed by atoms with van der Waals surface area (Å²) in [6.07, 6.45) is 7.89. The summed E-state index contributed by atoms with van der Waals surface area (Å²) in [5, 5.41) is 13.5. The van der Waals surface area contributed by atoms with Gasteiger partial charge in [-0.1, -0.05) is 18.2 Å². The zero-order chi connectivity index (χ0) is 19.9. The van der Waals surface area contributed by atoms with E-state index >= 15 is 0 Å². The number of rotatable bonds is 3. The first kappa shape index (κ1) is 17.4. The van der Waals surface area contributed by atoms with E-state index in [4.69, 9.17) is 4.98 Å². The van der Waals surface area contributed by atoms with Crippen molar-refractivity contribution in [1.29, 1.82) is 0 Å². The van der Waals surface area contributed by atoms with Crippen molar-refractivity contribution in [2.75, 3.05) is 13.1 Å². The molecule has 6 rings (SSSR count). The third-order valence-electron chi connectivity index (χ3n) is 6.12. The van der Waals surface area contributed by atoms with Crippen LogP contribution in [0, 0.1) is 0 Å². The Morgan fingerprint density at radius 1 is 0.900 bits per heavy atom. The Kier molecular flexibility index (Phi) is 4.09. The van der Waals surface area contributed by atoms with Gasteiger partial charge in [0.25, 0.3) is 0 Å². The number of nitrogens with one attached hydrogen (secondary N) is 3. The highest BCUT2D eigenvalue weighted by Crippen LogP contribution is 2.34. The molecule has 0 spiro atoms. The van der Waals surface area contributed by atoms with E-state index in [0.29, 0.717) is 5.92 Å². The van der Waals surface area contributed by atoms with Crippen LogP contribution in [-0.4, -0.2) is 38.2 Å². The Hall–Kier alpha value is -3.51. The van der Waals surface area contributed by atoms with Crippen LogP contribution in [0.15, 0.2) is 61.1 Å². The van der Waals surface area contributed by atoms with E-state index in [1.165, 1.54) is 16.6 Å². The Bertz CT molecular complexity index is 1330. The number of fused-ring (bicyclic) bond motifs is 2. The first-order valence-corrected chi connectivity index (χ1v) is 10.4. The van der Waals surface area contributed by atoms with Crippen LogP contribution in [0.25, 0.3) is 44.3 Å². The molecule has 1 fully saturated rings. The summed E-state index contributed by atoms with van der Waals surface area (Å²) in [5.74, 6) is 0.512. The van der Waals surface area contributed by atoms with Gasteiger partial charge in [0.2, 0.25) is 0 Å². The molecule has 4 aromatic heterocycles. The van der Waals surface area contributed by atoms with Crippen molar-refractivity contribution < 1.29 is 0 Å². The van der Waals surface area contributed by atoms with Crippen molar-refractivity contribution in [2.24, 2.45) is 0 Å². The lowest BCUT2D eigenvalue weighted by Crippen LogP contribution is -2.27. The van der Waals surface area contributed by atoms with E-state index in [2.05, 4.69) is 61.9 Å². The number of H-pyrrole nitrogens is 2. The Labute approximate surface area is 173 Å². The van der Waals surface area contributed by atoms with E-state index in [1.54, 1.807) is 6.20 Å². The zero-order valence-corrected chi connectivity index (χ0v) is 16.5. The highest BCUT2D eigenvalue weighted by atomic mass is 15.1. The molecule has 5 heterocycles. The Morgan fingerprint density at radius 2 is 1.83 bits per heavy atom. The van der Waals surface area contributed by atoms with E-state index in [9.17, 15) is 0 Å². The van der Waals surface area contributed by atoms with Gasteiger partial charge in [-0.3, -0.25) is 15.1 Å². The molecule has 1 saturated heterocycles. The minimum Gasteiger partial charge on any atom is -0.353 e. The number of benzene rings is 1. The molecule has 0 radical (unpaired) electrons. The lowest BCUT2D eigenvalue weighted by atomic mass is 9.93. The third-order valence-corrected chi connectivity index (χ3v) is 6.12. The number of piperidine rings is 1. The number of hydrogen-bond donors (Lipinski definition) is 3. The summed E-state index contributed by atoms with van der Waals surface area (Å²) in [5.41, 5.74) is 7.45. The van der Waals surface area contributed by atoms with Crippen LogP contribution in [0.3, 0.4) is 0 Å². The highest BCUT2D eigenvalue weighted by molar-refractivity contribution is 6.00. The number of nitrogens with zero attached hydrogens (tertiary/aromatic N) is 3. The van der Waals surface area contributed by atoms with E-state index < -0.39 is 0 Å². The molecule has 0 atom stereocenters. The van der Waals surface area contributed by atoms with Gasteiger partial charge in [0.1, 0.15) is 5.69 Å². The van der Waals surface area contributed by atoms with Gasteiger partial charge in [0.05, 0.1) is 17.4 Å². The van der Waals surface area contributed by atoms with E-state index in [0.717, 1.165) is 59.3 Å². The topological polar surface area (TPSA) is 82.3 Å². The highest BCUT2D eigenvalue weighted by Gasteiger charge is 2.19. The molecule has 0 aliphatic carbocycles. The zero-order valence-electron chi connectivity index (χ0n) is 16.5. The van der Waals surface area contributed by atoms with Crippen LogP contribution in [0.1, 0.15) is 24.5 Å². The molecule has 6 heteroatoms. The third kappa shape index (κ3) is 2.88. The van der Waals surface area contributed by atoms with Gasteiger partial charge < -0.3 is 10.3 Å². The van der Waals surface area contributed by atoms with E-state index in [1.807, 2.05) is 18.5 Å². The lowest BCUT2D eigenvalue weighted by molar-refractivity contribution is 0.453. The largest absolute Gasteiger partial charge is 0.353 e. The summed E-state index contributed by atoms with van der Waals surface area (Å²) < 4.78 is 0. The first-order chi connectivity index (χ1) is 14.9. The van der Waals surface area contributed by atoms with Crippen LogP contribution in [0.4, 0.5) is 0 Å². The molecule has 0 amide bonds. The maximum atomic E-state index is 4.72.